The van der Waals surface area contributed by atoms with Crippen molar-refractivity contribution in [3.05, 3.63) is 39.7 Å². The number of non-ortho nitro benzene ring substituents is 1. The Morgan fingerprint density at radius 1 is 1.64 bits per heavy atom. The van der Waals surface area contributed by atoms with Gasteiger partial charge in [-0.1, -0.05) is 0 Å². The van der Waals surface area contributed by atoms with E-state index in [0.29, 0.717) is 5.56 Å². The van der Waals surface area contributed by atoms with E-state index in [0.717, 1.165) is 0 Å². The van der Waals surface area contributed by atoms with E-state index in [1.54, 1.807) is 0 Å². The van der Waals surface area contributed by atoms with Crippen LogP contribution in [0.5, 0.6) is 0 Å². The summed E-state index contributed by atoms with van der Waals surface area (Å²) in [5.74, 6) is -0.667. The predicted octanol–water partition coefficient (Wildman–Crippen LogP) is 1.84. The zero-order chi connectivity index (χ0) is 8.43. The lowest BCUT2D eigenvalue weighted by Crippen LogP contribution is -1.90. The molecule has 4 heteroatoms. The van der Waals surface area contributed by atoms with Crippen LogP contribution in [0.3, 0.4) is 0 Å². The van der Waals surface area contributed by atoms with Crippen LogP contribution in [0, 0.1) is 28.9 Å². The molecule has 0 spiro atoms. The number of aryl methyl sites for hydroxylation is 1. The SMILES string of the molecule is Cc1ccc([N+](=O)[O-])[c]c1F. The van der Waals surface area contributed by atoms with Crippen molar-refractivity contribution in [1.82, 2.24) is 0 Å². The van der Waals surface area contributed by atoms with E-state index in [2.05, 4.69) is 0 Å². The Morgan fingerprint density at radius 2 is 2.27 bits per heavy atom. The van der Waals surface area contributed by atoms with Gasteiger partial charge < -0.3 is 0 Å². The second-order valence-corrected chi connectivity index (χ2v) is 2.10. The Morgan fingerprint density at radius 3 is 2.73 bits per heavy atom. The average Bonchev–Trinajstić information content (AvgIpc) is 1.94. The van der Waals surface area contributed by atoms with E-state index < -0.39 is 10.7 Å². The van der Waals surface area contributed by atoms with Crippen LogP contribution < -0.4 is 0 Å². The summed E-state index contributed by atoms with van der Waals surface area (Å²) < 4.78 is 12.6. The number of benzene rings is 1. The van der Waals surface area contributed by atoms with Crippen molar-refractivity contribution >= 4 is 5.69 Å². The summed E-state index contributed by atoms with van der Waals surface area (Å²) in [6.45, 7) is 1.52. The predicted molar refractivity (Wildman–Crippen MR) is 36.6 cm³/mol. The summed E-state index contributed by atoms with van der Waals surface area (Å²) in [7, 11) is 0. The van der Waals surface area contributed by atoms with Crippen LogP contribution in [0.2, 0.25) is 0 Å². The van der Waals surface area contributed by atoms with Crippen LogP contribution >= 0.6 is 0 Å². The van der Waals surface area contributed by atoms with Gasteiger partial charge in [0.05, 0.1) is 4.92 Å². The fourth-order valence-electron chi connectivity index (χ4n) is 0.636. The molecule has 0 fully saturated rings. The monoisotopic (exact) mass is 154 g/mol. The number of nitrogens with zero attached hydrogens (tertiary/aromatic N) is 1. The zero-order valence-electron chi connectivity index (χ0n) is 5.80. The molecule has 0 heterocycles. The van der Waals surface area contributed by atoms with Gasteiger partial charge in [-0.25, -0.2) is 4.39 Å². The molecule has 0 aliphatic carbocycles. The lowest BCUT2D eigenvalue weighted by Gasteiger charge is -1.93. The minimum Gasteiger partial charge on any atom is -0.258 e. The van der Waals surface area contributed by atoms with Gasteiger partial charge in [0, 0.05) is 6.07 Å². The lowest BCUT2D eigenvalue weighted by molar-refractivity contribution is -0.385. The lowest BCUT2D eigenvalue weighted by atomic mass is 10.2. The van der Waals surface area contributed by atoms with Gasteiger partial charge in [-0.2, -0.15) is 0 Å². The van der Waals surface area contributed by atoms with Crippen LogP contribution in [-0.2, 0) is 0 Å². The molecule has 1 radical (unpaired) electrons. The van der Waals surface area contributed by atoms with Crippen molar-refractivity contribution in [2.24, 2.45) is 0 Å². The first-order chi connectivity index (χ1) is 5.11. The quantitative estimate of drug-likeness (QED) is 0.457. The highest BCUT2D eigenvalue weighted by molar-refractivity contribution is 5.31. The second-order valence-electron chi connectivity index (χ2n) is 2.10. The van der Waals surface area contributed by atoms with Crippen LogP contribution in [0.1, 0.15) is 5.56 Å². The fraction of sp³-hybridized carbons (Fsp3) is 0.143. The molecule has 11 heavy (non-hydrogen) atoms. The standard InChI is InChI=1S/C7H5FNO2/c1-5-2-3-6(9(10)11)4-7(5)8/h2-3H,1H3. The number of halogens is 1. The van der Waals surface area contributed by atoms with Gasteiger partial charge in [0.15, 0.2) is 0 Å². The van der Waals surface area contributed by atoms with Crippen molar-refractivity contribution in [1.29, 1.82) is 0 Å². The highest BCUT2D eigenvalue weighted by Gasteiger charge is 2.07. The van der Waals surface area contributed by atoms with Gasteiger partial charge >= 0.3 is 0 Å². The van der Waals surface area contributed by atoms with E-state index in [-0.39, 0.29) is 5.69 Å². The topological polar surface area (TPSA) is 43.1 Å². The Balaban J connectivity index is 3.15. The van der Waals surface area contributed by atoms with E-state index in [4.69, 9.17) is 0 Å². The van der Waals surface area contributed by atoms with Gasteiger partial charge in [0.25, 0.3) is 5.69 Å². The Labute approximate surface area is 62.6 Å². The van der Waals surface area contributed by atoms with E-state index in [1.165, 1.54) is 19.1 Å². The van der Waals surface area contributed by atoms with E-state index in [1.807, 2.05) is 6.07 Å². The van der Waals surface area contributed by atoms with Crippen molar-refractivity contribution in [3.63, 3.8) is 0 Å². The minimum atomic E-state index is -0.678. The van der Waals surface area contributed by atoms with Crippen LogP contribution in [0.15, 0.2) is 12.1 Å². The molecule has 0 N–H and O–H groups in total. The number of hydrogen-bond acceptors (Lipinski definition) is 2. The average molecular weight is 154 g/mol. The zero-order valence-corrected chi connectivity index (χ0v) is 5.80. The molecule has 0 unspecified atom stereocenters. The summed E-state index contributed by atoms with van der Waals surface area (Å²) in [6.07, 6.45) is 0. The van der Waals surface area contributed by atoms with Crippen LogP contribution in [0.4, 0.5) is 10.1 Å². The maximum Gasteiger partial charge on any atom is 0.280 e. The van der Waals surface area contributed by atoms with Crippen molar-refractivity contribution in [2.75, 3.05) is 0 Å². The second kappa shape index (κ2) is 2.65. The molecule has 0 amide bonds. The molecule has 0 aliphatic rings. The Hall–Kier alpha value is -1.45. The number of rotatable bonds is 1. The molecule has 0 atom stereocenters. The first-order valence-corrected chi connectivity index (χ1v) is 2.94. The largest absolute Gasteiger partial charge is 0.280 e. The molecule has 0 bridgehead atoms. The van der Waals surface area contributed by atoms with Crippen molar-refractivity contribution < 1.29 is 9.31 Å². The molecule has 1 rings (SSSR count). The Bertz CT molecular complexity index is 298. The van der Waals surface area contributed by atoms with Crippen LogP contribution in [0.25, 0.3) is 0 Å². The third-order valence-electron chi connectivity index (χ3n) is 1.27. The minimum absolute atomic E-state index is 0.340. The first kappa shape index (κ1) is 7.65. The third-order valence-corrected chi connectivity index (χ3v) is 1.27. The molecule has 1 aromatic rings. The first-order valence-electron chi connectivity index (χ1n) is 2.94. The maximum absolute atomic E-state index is 12.6. The Kier molecular flexibility index (Phi) is 1.85. The number of hydrogen-bond donors (Lipinski definition) is 0. The highest BCUT2D eigenvalue weighted by atomic mass is 19.1. The van der Waals surface area contributed by atoms with Gasteiger partial charge in [-0.3, -0.25) is 10.1 Å². The summed E-state index contributed by atoms with van der Waals surface area (Å²) in [5.41, 5.74) is 0.0173. The fourth-order valence-corrected chi connectivity index (χ4v) is 0.636. The molecule has 0 aromatic heterocycles. The van der Waals surface area contributed by atoms with Gasteiger partial charge in [-0.15, -0.1) is 0 Å². The molecule has 0 aliphatic heterocycles. The van der Waals surface area contributed by atoms with Gasteiger partial charge in [0.1, 0.15) is 11.9 Å². The molecule has 57 valence electrons. The molecular formula is C7H5FNO2. The van der Waals surface area contributed by atoms with E-state index in [9.17, 15) is 14.5 Å². The van der Waals surface area contributed by atoms with Crippen molar-refractivity contribution in [3.8, 4) is 0 Å². The summed E-state index contributed by atoms with van der Waals surface area (Å²) in [5, 5.41) is 10.1. The molecular weight excluding hydrogens is 149 g/mol. The summed E-state index contributed by atoms with van der Waals surface area (Å²) in [6, 6.07) is 4.58. The molecule has 3 nitrogen and oxygen atoms in total. The molecule has 0 saturated carbocycles. The maximum atomic E-state index is 12.6. The third kappa shape index (κ3) is 1.52. The van der Waals surface area contributed by atoms with Gasteiger partial charge in [-0.05, 0) is 18.6 Å². The number of nitro benzene ring substituents is 1. The van der Waals surface area contributed by atoms with Crippen LogP contribution in [-0.4, -0.2) is 4.92 Å². The molecule has 0 saturated heterocycles. The summed E-state index contributed by atoms with van der Waals surface area (Å²) >= 11 is 0. The van der Waals surface area contributed by atoms with Gasteiger partial charge in [0.2, 0.25) is 0 Å². The highest BCUT2D eigenvalue weighted by Crippen LogP contribution is 2.13. The molecule has 1 aromatic carbocycles. The summed E-state index contributed by atoms with van der Waals surface area (Å²) in [4.78, 5) is 9.39. The van der Waals surface area contributed by atoms with E-state index >= 15 is 0 Å². The smallest absolute Gasteiger partial charge is 0.258 e. The van der Waals surface area contributed by atoms with Crippen molar-refractivity contribution in [2.45, 2.75) is 6.92 Å². The number of nitro groups is 1. The normalized spacial score (nSPS) is 9.64.